The Morgan fingerprint density at radius 2 is 2.62 bits per heavy atom. The minimum atomic E-state index is 0.201. The minimum Gasteiger partial charge on any atom is -0.381 e. The highest BCUT2D eigenvalue weighted by atomic mass is 32.1. The number of nitrogens with zero attached hydrogens (tertiary/aromatic N) is 1. The van der Waals surface area contributed by atoms with Crippen LogP contribution in [0.5, 0.6) is 0 Å². The molecule has 0 aliphatic carbocycles. The molecule has 1 N–H and O–H groups in total. The zero-order valence-electron chi connectivity index (χ0n) is 7.66. The molecule has 2 atom stereocenters. The van der Waals surface area contributed by atoms with Gasteiger partial charge in [-0.25, -0.2) is 0 Å². The van der Waals surface area contributed by atoms with Crippen molar-refractivity contribution < 1.29 is 4.74 Å². The largest absolute Gasteiger partial charge is 0.381 e. The van der Waals surface area contributed by atoms with E-state index in [1.54, 1.807) is 0 Å². The lowest BCUT2D eigenvalue weighted by molar-refractivity contribution is 0.193. The zero-order chi connectivity index (χ0) is 9.26. The number of aromatic amines is 1. The first-order chi connectivity index (χ1) is 6.27. The van der Waals surface area contributed by atoms with Gasteiger partial charge in [0.25, 0.3) is 0 Å². The predicted molar refractivity (Wildman–Crippen MR) is 54.2 cm³/mol. The maximum absolute atomic E-state index is 5.31. The molecule has 3 nitrogen and oxygen atoms in total. The molecule has 0 radical (unpaired) electrons. The molecule has 4 heteroatoms. The molecule has 1 aliphatic rings. The van der Waals surface area contributed by atoms with Crippen molar-refractivity contribution in [3.63, 3.8) is 0 Å². The van der Waals surface area contributed by atoms with Gasteiger partial charge in [0.15, 0.2) is 0 Å². The summed E-state index contributed by atoms with van der Waals surface area (Å²) in [5.74, 6) is 0.508. The van der Waals surface area contributed by atoms with Crippen molar-refractivity contribution in [2.75, 3.05) is 13.2 Å². The fourth-order valence-corrected chi connectivity index (χ4v) is 1.69. The molecule has 0 amide bonds. The highest BCUT2D eigenvalue weighted by Gasteiger charge is 2.20. The smallest absolute Gasteiger partial charge is 0.0749 e. The normalized spacial score (nSPS) is 24.9. The highest BCUT2D eigenvalue weighted by Crippen LogP contribution is 2.26. The topological polar surface area (TPSA) is 37.9 Å². The number of thiol groups is 1. The van der Waals surface area contributed by atoms with E-state index < -0.39 is 0 Å². The van der Waals surface area contributed by atoms with E-state index in [-0.39, 0.29) is 5.25 Å². The first-order valence-electron chi connectivity index (χ1n) is 4.58. The molecule has 0 saturated carbocycles. The molecule has 2 heterocycles. The molecule has 0 spiro atoms. The van der Waals surface area contributed by atoms with Crippen molar-refractivity contribution in [2.45, 2.75) is 24.5 Å². The molecular weight excluding hydrogens is 184 g/mol. The predicted octanol–water partition coefficient (Wildman–Crippen LogP) is 1.90. The lowest BCUT2D eigenvalue weighted by Gasteiger charge is -2.01. The van der Waals surface area contributed by atoms with Gasteiger partial charge in [0.05, 0.1) is 12.3 Å². The van der Waals surface area contributed by atoms with E-state index in [0.29, 0.717) is 5.92 Å². The second kappa shape index (κ2) is 3.72. The van der Waals surface area contributed by atoms with Gasteiger partial charge >= 0.3 is 0 Å². The molecule has 2 unspecified atom stereocenters. The summed E-state index contributed by atoms with van der Waals surface area (Å²) in [6, 6.07) is 2.09. The van der Waals surface area contributed by atoms with Crippen molar-refractivity contribution in [2.24, 2.45) is 0 Å². The van der Waals surface area contributed by atoms with Crippen LogP contribution in [-0.2, 0) is 4.74 Å². The Kier molecular flexibility index (Phi) is 2.60. The number of rotatable bonds is 2. The summed E-state index contributed by atoms with van der Waals surface area (Å²) >= 11 is 4.33. The van der Waals surface area contributed by atoms with Crippen LogP contribution in [0, 0.1) is 0 Å². The van der Waals surface area contributed by atoms with Gasteiger partial charge in [-0.1, -0.05) is 0 Å². The second-order valence-corrected chi connectivity index (χ2v) is 4.26. The van der Waals surface area contributed by atoms with E-state index in [9.17, 15) is 0 Å². The van der Waals surface area contributed by atoms with Crippen molar-refractivity contribution in [1.82, 2.24) is 10.2 Å². The van der Waals surface area contributed by atoms with Crippen LogP contribution in [0.3, 0.4) is 0 Å². The zero-order valence-corrected chi connectivity index (χ0v) is 8.55. The van der Waals surface area contributed by atoms with Crippen LogP contribution in [-0.4, -0.2) is 23.4 Å². The third-order valence-electron chi connectivity index (χ3n) is 2.42. The van der Waals surface area contributed by atoms with Crippen LogP contribution in [0.1, 0.15) is 35.9 Å². The van der Waals surface area contributed by atoms with Crippen LogP contribution in [0.2, 0.25) is 0 Å². The van der Waals surface area contributed by atoms with E-state index in [0.717, 1.165) is 25.3 Å². The van der Waals surface area contributed by atoms with Gasteiger partial charge in [-0.05, 0) is 19.4 Å². The lowest BCUT2D eigenvalue weighted by Crippen LogP contribution is -1.97. The maximum Gasteiger partial charge on any atom is 0.0749 e. The van der Waals surface area contributed by atoms with Crippen LogP contribution in [0.4, 0.5) is 0 Å². The Labute approximate surface area is 83.3 Å². The van der Waals surface area contributed by atoms with Crippen LogP contribution in [0.15, 0.2) is 6.07 Å². The minimum absolute atomic E-state index is 0.201. The standard InChI is InChI=1S/C9H14N2OS/c1-6(13)8-4-9(11-10-8)7-2-3-12-5-7/h4,6-7,13H,2-3,5H2,1H3,(H,10,11). The summed E-state index contributed by atoms with van der Waals surface area (Å²) in [6.45, 7) is 3.71. The first-order valence-corrected chi connectivity index (χ1v) is 5.10. The fourth-order valence-electron chi connectivity index (χ4n) is 1.56. The summed E-state index contributed by atoms with van der Waals surface area (Å²) in [5, 5.41) is 7.45. The van der Waals surface area contributed by atoms with Gasteiger partial charge in [-0.2, -0.15) is 17.7 Å². The highest BCUT2D eigenvalue weighted by molar-refractivity contribution is 7.80. The quantitative estimate of drug-likeness (QED) is 0.712. The van der Waals surface area contributed by atoms with Gasteiger partial charge in [-0.3, -0.25) is 5.10 Å². The number of hydrogen-bond donors (Lipinski definition) is 2. The van der Waals surface area contributed by atoms with Gasteiger partial charge in [0.2, 0.25) is 0 Å². The SMILES string of the molecule is CC(S)c1cc(C2CCOC2)[nH]n1. The van der Waals surface area contributed by atoms with E-state index >= 15 is 0 Å². The summed E-state index contributed by atoms with van der Waals surface area (Å²) in [6.07, 6.45) is 1.10. The lowest BCUT2D eigenvalue weighted by atomic mass is 10.1. The van der Waals surface area contributed by atoms with Gasteiger partial charge in [0.1, 0.15) is 0 Å². The van der Waals surface area contributed by atoms with E-state index in [1.165, 1.54) is 5.69 Å². The molecule has 0 aromatic carbocycles. The van der Waals surface area contributed by atoms with E-state index in [4.69, 9.17) is 4.74 Å². The van der Waals surface area contributed by atoms with Gasteiger partial charge in [0, 0.05) is 23.5 Å². The second-order valence-electron chi connectivity index (χ2n) is 3.48. The Morgan fingerprint density at radius 1 is 1.77 bits per heavy atom. The average molecular weight is 198 g/mol. The summed E-state index contributed by atoms with van der Waals surface area (Å²) in [7, 11) is 0. The molecule has 1 saturated heterocycles. The van der Waals surface area contributed by atoms with Gasteiger partial charge < -0.3 is 4.74 Å². The molecule has 1 fully saturated rings. The molecule has 13 heavy (non-hydrogen) atoms. The maximum atomic E-state index is 5.31. The molecule has 1 aromatic rings. The van der Waals surface area contributed by atoms with E-state index in [1.807, 2.05) is 6.92 Å². The summed E-state index contributed by atoms with van der Waals surface area (Å²) < 4.78 is 5.31. The van der Waals surface area contributed by atoms with E-state index in [2.05, 4.69) is 28.9 Å². The number of nitrogens with one attached hydrogen (secondary N) is 1. The number of aromatic nitrogens is 2. The third kappa shape index (κ3) is 1.89. The molecule has 0 bridgehead atoms. The molecule has 1 aromatic heterocycles. The molecule has 72 valence electrons. The first kappa shape index (κ1) is 9.09. The van der Waals surface area contributed by atoms with Crippen LogP contribution in [0.25, 0.3) is 0 Å². The average Bonchev–Trinajstić information content (AvgIpc) is 2.75. The fraction of sp³-hybridized carbons (Fsp3) is 0.667. The molecule has 2 rings (SSSR count). The number of H-pyrrole nitrogens is 1. The van der Waals surface area contributed by atoms with Crippen molar-refractivity contribution in [1.29, 1.82) is 0 Å². The number of hydrogen-bond acceptors (Lipinski definition) is 3. The molecule has 1 aliphatic heterocycles. The molecular formula is C9H14N2OS. The Balaban J connectivity index is 2.12. The Bertz CT molecular complexity index is 279. The van der Waals surface area contributed by atoms with Crippen molar-refractivity contribution in [3.8, 4) is 0 Å². The Hall–Kier alpha value is -0.480. The van der Waals surface area contributed by atoms with Gasteiger partial charge in [-0.15, -0.1) is 0 Å². The van der Waals surface area contributed by atoms with Crippen molar-refractivity contribution in [3.05, 3.63) is 17.5 Å². The summed E-state index contributed by atoms with van der Waals surface area (Å²) in [5.41, 5.74) is 2.21. The third-order valence-corrected chi connectivity index (χ3v) is 2.68. The summed E-state index contributed by atoms with van der Waals surface area (Å²) in [4.78, 5) is 0. The van der Waals surface area contributed by atoms with Crippen LogP contribution < -0.4 is 0 Å². The van der Waals surface area contributed by atoms with Crippen molar-refractivity contribution >= 4 is 12.6 Å². The number of ether oxygens (including phenoxy) is 1. The Morgan fingerprint density at radius 3 is 3.15 bits per heavy atom. The van der Waals surface area contributed by atoms with Crippen LogP contribution >= 0.6 is 12.6 Å². The monoisotopic (exact) mass is 198 g/mol.